The number of H-pyrrole nitrogens is 1. The molecule has 1 aromatic heterocycles. The largest absolute Gasteiger partial charge is 0.494 e. The molecule has 0 spiro atoms. The second kappa shape index (κ2) is 6.58. The summed E-state index contributed by atoms with van der Waals surface area (Å²) in [5, 5.41) is 2.83. The van der Waals surface area contributed by atoms with Crippen LogP contribution in [0.1, 0.15) is 18.2 Å². The van der Waals surface area contributed by atoms with Crippen molar-refractivity contribution in [2.75, 3.05) is 6.61 Å². The normalized spacial score (nSPS) is 10.2. The Labute approximate surface area is 112 Å². The molecule has 1 amide bonds. The molecular formula is C14H17N3O2. The molecule has 19 heavy (non-hydrogen) atoms. The lowest BCUT2D eigenvalue weighted by Crippen LogP contribution is -2.24. The molecule has 2 N–H and O–H groups in total. The minimum Gasteiger partial charge on any atom is -0.494 e. The molecule has 2 rings (SSSR count). The molecule has 2 aromatic rings. The van der Waals surface area contributed by atoms with Gasteiger partial charge in [-0.15, -0.1) is 0 Å². The standard InChI is InChI=1S/C14H17N3O2/c1-2-19-13-5-3-11(4-6-13)7-14(18)16-9-12-8-15-10-17-12/h3-6,8,10H,2,7,9H2,1H3,(H,15,17)(H,16,18). The Morgan fingerprint density at radius 3 is 2.79 bits per heavy atom. The van der Waals surface area contributed by atoms with Gasteiger partial charge in [0.1, 0.15) is 5.75 Å². The molecule has 0 radical (unpaired) electrons. The van der Waals surface area contributed by atoms with Gasteiger partial charge in [0.15, 0.2) is 0 Å². The SMILES string of the molecule is CCOc1ccc(CC(=O)NCc2cnc[nH]2)cc1. The predicted molar refractivity (Wildman–Crippen MR) is 71.7 cm³/mol. The zero-order valence-corrected chi connectivity index (χ0v) is 10.8. The van der Waals surface area contributed by atoms with Gasteiger partial charge in [0.05, 0.1) is 31.6 Å². The van der Waals surface area contributed by atoms with Gasteiger partial charge >= 0.3 is 0 Å². The summed E-state index contributed by atoms with van der Waals surface area (Å²) in [5.74, 6) is 0.808. The van der Waals surface area contributed by atoms with Crippen LogP contribution in [0.15, 0.2) is 36.8 Å². The number of rotatable bonds is 6. The van der Waals surface area contributed by atoms with Gasteiger partial charge in [-0.05, 0) is 24.6 Å². The van der Waals surface area contributed by atoms with Gasteiger partial charge < -0.3 is 15.0 Å². The summed E-state index contributed by atoms with van der Waals surface area (Å²) < 4.78 is 5.35. The van der Waals surface area contributed by atoms with E-state index in [1.165, 1.54) is 0 Å². The van der Waals surface area contributed by atoms with Crippen LogP contribution in [0.5, 0.6) is 5.75 Å². The molecule has 0 fully saturated rings. The molecule has 0 aliphatic rings. The van der Waals surface area contributed by atoms with Crippen LogP contribution in [-0.2, 0) is 17.8 Å². The number of hydrogen-bond donors (Lipinski definition) is 2. The van der Waals surface area contributed by atoms with Gasteiger partial charge in [0.2, 0.25) is 5.91 Å². The van der Waals surface area contributed by atoms with E-state index >= 15 is 0 Å². The van der Waals surface area contributed by atoms with Crippen molar-refractivity contribution in [2.24, 2.45) is 0 Å². The van der Waals surface area contributed by atoms with E-state index in [1.807, 2.05) is 31.2 Å². The van der Waals surface area contributed by atoms with Crippen molar-refractivity contribution in [3.63, 3.8) is 0 Å². The molecule has 5 nitrogen and oxygen atoms in total. The summed E-state index contributed by atoms with van der Waals surface area (Å²) in [7, 11) is 0. The highest BCUT2D eigenvalue weighted by Crippen LogP contribution is 2.12. The second-order valence-corrected chi connectivity index (χ2v) is 4.11. The maximum Gasteiger partial charge on any atom is 0.224 e. The van der Waals surface area contributed by atoms with Crippen molar-refractivity contribution in [3.8, 4) is 5.75 Å². The first kappa shape index (κ1) is 13.1. The van der Waals surface area contributed by atoms with Crippen LogP contribution in [-0.4, -0.2) is 22.5 Å². The molecule has 0 bridgehead atoms. The van der Waals surface area contributed by atoms with E-state index in [0.717, 1.165) is 17.0 Å². The molecule has 0 aliphatic heterocycles. The first-order valence-corrected chi connectivity index (χ1v) is 6.23. The molecule has 0 unspecified atom stereocenters. The van der Waals surface area contributed by atoms with Crippen molar-refractivity contribution in [3.05, 3.63) is 48.0 Å². The van der Waals surface area contributed by atoms with Crippen molar-refractivity contribution >= 4 is 5.91 Å². The fraction of sp³-hybridized carbons (Fsp3) is 0.286. The third-order valence-electron chi connectivity index (χ3n) is 2.63. The number of nitrogens with zero attached hydrogens (tertiary/aromatic N) is 1. The number of ether oxygens (including phenoxy) is 1. The van der Waals surface area contributed by atoms with Crippen molar-refractivity contribution in [1.82, 2.24) is 15.3 Å². The third-order valence-corrected chi connectivity index (χ3v) is 2.63. The Kier molecular flexibility index (Phi) is 4.55. The summed E-state index contributed by atoms with van der Waals surface area (Å²) >= 11 is 0. The van der Waals surface area contributed by atoms with E-state index in [1.54, 1.807) is 12.5 Å². The molecule has 100 valence electrons. The van der Waals surface area contributed by atoms with Crippen LogP contribution in [0, 0.1) is 0 Å². The topological polar surface area (TPSA) is 67.0 Å². The quantitative estimate of drug-likeness (QED) is 0.829. The van der Waals surface area contributed by atoms with Crippen LogP contribution in [0.4, 0.5) is 0 Å². The summed E-state index contributed by atoms with van der Waals surface area (Å²) in [6.07, 6.45) is 3.64. The lowest BCUT2D eigenvalue weighted by Gasteiger charge is -2.06. The number of amides is 1. The molecule has 0 aliphatic carbocycles. The number of aromatic amines is 1. The summed E-state index contributed by atoms with van der Waals surface area (Å²) in [6, 6.07) is 7.56. The molecular weight excluding hydrogens is 242 g/mol. The Morgan fingerprint density at radius 2 is 2.16 bits per heavy atom. The fourth-order valence-corrected chi connectivity index (χ4v) is 1.69. The van der Waals surface area contributed by atoms with Gasteiger partial charge in [0.25, 0.3) is 0 Å². The zero-order chi connectivity index (χ0) is 13.5. The highest BCUT2D eigenvalue weighted by atomic mass is 16.5. The lowest BCUT2D eigenvalue weighted by molar-refractivity contribution is -0.120. The minimum absolute atomic E-state index is 0.0150. The van der Waals surface area contributed by atoms with Crippen molar-refractivity contribution in [2.45, 2.75) is 19.9 Å². The van der Waals surface area contributed by atoms with E-state index in [9.17, 15) is 4.79 Å². The highest BCUT2D eigenvalue weighted by Gasteiger charge is 2.04. The Bertz CT molecular complexity index is 506. The van der Waals surface area contributed by atoms with E-state index < -0.39 is 0 Å². The number of aromatic nitrogens is 2. The number of imidazole rings is 1. The third kappa shape index (κ3) is 4.13. The number of benzene rings is 1. The summed E-state index contributed by atoms with van der Waals surface area (Å²) in [6.45, 7) is 3.05. The monoisotopic (exact) mass is 259 g/mol. The zero-order valence-electron chi connectivity index (χ0n) is 10.8. The average Bonchev–Trinajstić information content (AvgIpc) is 2.92. The van der Waals surface area contributed by atoms with Gasteiger partial charge in [-0.3, -0.25) is 4.79 Å². The van der Waals surface area contributed by atoms with Crippen LogP contribution in [0.3, 0.4) is 0 Å². The maximum absolute atomic E-state index is 11.7. The molecule has 0 saturated heterocycles. The highest BCUT2D eigenvalue weighted by molar-refractivity contribution is 5.78. The summed E-state index contributed by atoms with van der Waals surface area (Å²) in [5.41, 5.74) is 1.85. The van der Waals surface area contributed by atoms with E-state index in [4.69, 9.17) is 4.74 Å². The number of carbonyl (C=O) groups excluding carboxylic acids is 1. The molecule has 5 heteroatoms. The molecule has 1 heterocycles. The number of carbonyl (C=O) groups is 1. The first-order valence-electron chi connectivity index (χ1n) is 6.23. The van der Waals surface area contributed by atoms with Gasteiger partial charge in [-0.2, -0.15) is 0 Å². The number of hydrogen-bond acceptors (Lipinski definition) is 3. The average molecular weight is 259 g/mol. The van der Waals surface area contributed by atoms with Crippen LogP contribution < -0.4 is 10.1 Å². The van der Waals surface area contributed by atoms with Crippen LogP contribution in [0.25, 0.3) is 0 Å². The van der Waals surface area contributed by atoms with Crippen LogP contribution >= 0.6 is 0 Å². The van der Waals surface area contributed by atoms with Crippen molar-refractivity contribution < 1.29 is 9.53 Å². The predicted octanol–water partition coefficient (Wildman–Crippen LogP) is 1.67. The van der Waals surface area contributed by atoms with E-state index in [-0.39, 0.29) is 5.91 Å². The molecule has 1 aromatic carbocycles. The Morgan fingerprint density at radius 1 is 1.37 bits per heavy atom. The lowest BCUT2D eigenvalue weighted by atomic mass is 10.1. The fourth-order valence-electron chi connectivity index (χ4n) is 1.69. The van der Waals surface area contributed by atoms with Gasteiger partial charge in [-0.25, -0.2) is 4.98 Å². The maximum atomic E-state index is 11.7. The molecule has 0 atom stereocenters. The van der Waals surface area contributed by atoms with Crippen molar-refractivity contribution in [1.29, 1.82) is 0 Å². The Hall–Kier alpha value is -2.30. The van der Waals surface area contributed by atoms with Gasteiger partial charge in [-0.1, -0.05) is 12.1 Å². The smallest absolute Gasteiger partial charge is 0.224 e. The minimum atomic E-state index is -0.0150. The van der Waals surface area contributed by atoms with E-state index in [2.05, 4.69) is 15.3 Å². The van der Waals surface area contributed by atoms with Crippen LogP contribution in [0.2, 0.25) is 0 Å². The summed E-state index contributed by atoms with van der Waals surface area (Å²) in [4.78, 5) is 18.6. The second-order valence-electron chi connectivity index (χ2n) is 4.11. The number of nitrogens with one attached hydrogen (secondary N) is 2. The Balaban J connectivity index is 1.81. The molecule has 0 saturated carbocycles. The van der Waals surface area contributed by atoms with E-state index in [0.29, 0.717) is 19.6 Å². The first-order chi connectivity index (χ1) is 9.28. The van der Waals surface area contributed by atoms with Gasteiger partial charge in [0, 0.05) is 6.20 Å².